The predicted octanol–water partition coefficient (Wildman–Crippen LogP) is 5.23. The van der Waals surface area contributed by atoms with E-state index in [1.54, 1.807) is 0 Å². The minimum Gasteiger partial charge on any atom is -0.299 e. The Bertz CT molecular complexity index is 455. The highest BCUT2D eigenvalue weighted by molar-refractivity contribution is 5.87. The third-order valence-electron chi connectivity index (χ3n) is 8.64. The van der Waals surface area contributed by atoms with Gasteiger partial charge in [0.1, 0.15) is 5.78 Å². The van der Waals surface area contributed by atoms with Crippen LogP contribution in [-0.2, 0) is 4.79 Å². The van der Waals surface area contributed by atoms with Gasteiger partial charge in [-0.05, 0) is 80.0 Å². The molecule has 4 aliphatic carbocycles. The number of fused-ring (bicyclic) bond motifs is 5. The van der Waals surface area contributed by atoms with Crippen LogP contribution in [0.2, 0.25) is 0 Å². The smallest absolute Gasteiger partial charge is 0.139 e. The minimum absolute atomic E-state index is 0.0618. The zero-order valence-electron chi connectivity index (χ0n) is 14.2. The molecule has 1 heteroatoms. The molecule has 0 heterocycles. The molecule has 0 spiro atoms. The highest BCUT2D eigenvalue weighted by Gasteiger charge is 2.59. The van der Waals surface area contributed by atoms with Gasteiger partial charge in [0.2, 0.25) is 0 Å². The summed E-state index contributed by atoms with van der Waals surface area (Å²) in [5.41, 5.74) is 0.661. The highest BCUT2D eigenvalue weighted by Crippen LogP contribution is 2.65. The Labute approximate surface area is 130 Å². The van der Waals surface area contributed by atoms with Crippen molar-refractivity contribution in [2.75, 3.05) is 0 Å². The van der Waals surface area contributed by atoms with E-state index in [-0.39, 0.29) is 5.41 Å². The number of hydrogen-bond acceptors (Lipinski definition) is 1. The van der Waals surface area contributed by atoms with Gasteiger partial charge in [0.05, 0.1) is 0 Å². The Morgan fingerprint density at radius 2 is 1.76 bits per heavy atom. The van der Waals surface area contributed by atoms with Crippen LogP contribution in [0.1, 0.15) is 78.6 Å². The van der Waals surface area contributed by atoms with Crippen molar-refractivity contribution in [3.63, 3.8) is 0 Å². The summed E-state index contributed by atoms with van der Waals surface area (Å²) < 4.78 is 0. The normalized spacial score (nSPS) is 56.5. The third kappa shape index (κ3) is 1.85. The summed E-state index contributed by atoms with van der Waals surface area (Å²) in [7, 11) is 0. The second kappa shape index (κ2) is 4.59. The van der Waals surface area contributed by atoms with E-state index in [9.17, 15) is 4.79 Å². The lowest BCUT2D eigenvalue weighted by Crippen LogP contribution is -2.53. The van der Waals surface area contributed by atoms with Gasteiger partial charge in [-0.3, -0.25) is 4.79 Å². The second-order valence-corrected chi connectivity index (χ2v) is 9.45. The van der Waals surface area contributed by atoms with Crippen molar-refractivity contribution in [2.24, 2.45) is 40.4 Å². The minimum atomic E-state index is 0.0618. The van der Waals surface area contributed by atoms with E-state index in [4.69, 9.17) is 0 Å². The zero-order chi connectivity index (χ0) is 14.8. The molecule has 0 radical (unpaired) electrons. The largest absolute Gasteiger partial charge is 0.299 e. The standard InChI is InChI=1S/C20H32O/c1-13-8-10-19(2)14(12-13)4-5-15-16-6-7-18(21)20(16,3)11-9-17(15)19/h13-17H,4-12H2,1-3H3/t13-,14-,15?,16?,17?,19+,20+/m1/s1. The SMILES string of the molecule is C[C@@H]1CC[C@]2(C)C3CC[C@]4(C)C(=O)CCC4C3CC[C@@H]2C1. The molecule has 0 aromatic rings. The molecule has 4 fully saturated rings. The molecule has 118 valence electrons. The Kier molecular flexibility index (Phi) is 3.12. The van der Waals surface area contributed by atoms with Crippen LogP contribution in [0.3, 0.4) is 0 Å². The van der Waals surface area contributed by atoms with E-state index in [0.717, 1.165) is 36.0 Å². The van der Waals surface area contributed by atoms with E-state index in [1.165, 1.54) is 51.4 Å². The van der Waals surface area contributed by atoms with Crippen LogP contribution < -0.4 is 0 Å². The van der Waals surface area contributed by atoms with Crippen LogP contribution >= 0.6 is 0 Å². The molecule has 0 N–H and O–H groups in total. The molecular weight excluding hydrogens is 256 g/mol. The Morgan fingerprint density at radius 1 is 0.952 bits per heavy atom. The number of Topliss-reactive ketones (excluding diaryl/α,β-unsaturated/α-hetero) is 1. The van der Waals surface area contributed by atoms with Gasteiger partial charge in [0, 0.05) is 11.8 Å². The van der Waals surface area contributed by atoms with Gasteiger partial charge in [-0.15, -0.1) is 0 Å². The summed E-state index contributed by atoms with van der Waals surface area (Å²) in [5, 5.41) is 0. The van der Waals surface area contributed by atoms with Gasteiger partial charge in [-0.1, -0.05) is 27.2 Å². The van der Waals surface area contributed by atoms with Crippen LogP contribution in [0.25, 0.3) is 0 Å². The molecule has 21 heavy (non-hydrogen) atoms. The molecule has 4 aliphatic rings. The maximum absolute atomic E-state index is 12.4. The maximum Gasteiger partial charge on any atom is 0.139 e. The average molecular weight is 288 g/mol. The van der Waals surface area contributed by atoms with Crippen molar-refractivity contribution in [2.45, 2.75) is 78.6 Å². The van der Waals surface area contributed by atoms with Crippen molar-refractivity contribution >= 4 is 5.78 Å². The average Bonchev–Trinajstić information content (AvgIpc) is 2.76. The fraction of sp³-hybridized carbons (Fsp3) is 0.950. The van der Waals surface area contributed by atoms with Crippen molar-refractivity contribution < 1.29 is 4.79 Å². The second-order valence-electron chi connectivity index (χ2n) is 9.45. The summed E-state index contributed by atoms with van der Waals surface area (Å²) >= 11 is 0. The molecule has 0 bridgehead atoms. The molecule has 0 aromatic heterocycles. The van der Waals surface area contributed by atoms with Gasteiger partial charge in [-0.2, -0.15) is 0 Å². The summed E-state index contributed by atoms with van der Waals surface area (Å²) in [6.07, 6.45) is 11.8. The van der Waals surface area contributed by atoms with Crippen molar-refractivity contribution in [1.82, 2.24) is 0 Å². The molecule has 0 aliphatic heterocycles. The maximum atomic E-state index is 12.4. The lowest BCUT2D eigenvalue weighted by atomic mass is 9.45. The first-order chi connectivity index (χ1) is 9.95. The molecule has 1 nitrogen and oxygen atoms in total. The summed E-state index contributed by atoms with van der Waals surface area (Å²) in [6.45, 7) is 7.39. The van der Waals surface area contributed by atoms with Crippen molar-refractivity contribution in [3.8, 4) is 0 Å². The van der Waals surface area contributed by atoms with E-state index >= 15 is 0 Å². The van der Waals surface area contributed by atoms with Crippen LogP contribution in [0.15, 0.2) is 0 Å². The number of carbonyl (C=O) groups excluding carboxylic acids is 1. The number of ketones is 1. The quantitative estimate of drug-likeness (QED) is 0.596. The first-order valence-electron chi connectivity index (χ1n) is 9.48. The van der Waals surface area contributed by atoms with E-state index < -0.39 is 0 Å². The van der Waals surface area contributed by atoms with Crippen LogP contribution in [0.5, 0.6) is 0 Å². The van der Waals surface area contributed by atoms with Gasteiger partial charge >= 0.3 is 0 Å². The number of carbonyl (C=O) groups is 1. The number of rotatable bonds is 0. The van der Waals surface area contributed by atoms with Crippen molar-refractivity contribution in [1.29, 1.82) is 0 Å². The molecule has 3 unspecified atom stereocenters. The Morgan fingerprint density at radius 3 is 2.57 bits per heavy atom. The van der Waals surface area contributed by atoms with Crippen LogP contribution in [-0.4, -0.2) is 5.78 Å². The topological polar surface area (TPSA) is 17.1 Å². The Balaban J connectivity index is 1.64. The van der Waals surface area contributed by atoms with Gasteiger partial charge in [-0.25, -0.2) is 0 Å². The fourth-order valence-electron chi connectivity index (χ4n) is 7.24. The van der Waals surface area contributed by atoms with E-state index in [2.05, 4.69) is 20.8 Å². The summed E-state index contributed by atoms with van der Waals surface area (Å²) in [5.74, 6) is 5.03. The van der Waals surface area contributed by atoms with Gasteiger partial charge < -0.3 is 0 Å². The molecular formula is C20H32O. The van der Waals surface area contributed by atoms with Gasteiger partial charge in [0.25, 0.3) is 0 Å². The Hall–Kier alpha value is -0.330. The molecule has 0 aromatic carbocycles. The summed E-state index contributed by atoms with van der Waals surface area (Å²) in [6, 6.07) is 0. The monoisotopic (exact) mass is 288 g/mol. The molecule has 7 atom stereocenters. The molecule has 0 saturated heterocycles. The lowest BCUT2D eigenvalue weighted by Gasteiger charge is -2.60. The molecule has 4 rings (SSSR count). The number of hydrogen-bond donors (Lipinski definition) is 0. The van der Waals surface area contributed by atoms with Crippen molar-refractivity contribution in [3.05, 3.63) is 0 Å². The van der Waals surface area contributed by atoms with E-state index in [1.807, 2.05) is 0 Å². The lowest BCUT2D eigenvalue weighted by molar-refractivity contribution is -0.139. The molecule has 0 amide bonds. The summed E-state index contributed by atoms with van der Waals surface area (Å²) in [4.78, 5) is 12.4. The molecule has 4 saturated carbocycles. The predicted molar refractivity (Wildman–Crippen MR) is 85.9 cm³/mol. The third-order valence-corrected chi connectivity index (χ3v) is 8.64. The fourth-order valence-corrected chi connectivity index (χ4v) is 7.24. The van der Waals surface area contributed by atoms with Crippen LogP contribution in [0, 0.1) is 40.4 Å². The zero-order valence-corrected chi connectivity index (χ0v) is 14.2. The highest BCUT2D eigenvalue weighted by atomic mass is 16.1. The van der Waals surface area contributed by atoms with Gasteiger partial charge in [0.15, 0.2) is 0 Å². The first kappa shape index (κ1) is 14.3. The first-order valence-corrected chi connectivity index (χ1v) is 9.48. The van der Waals surface area contributed by atoms with E-state index in [0.29, 0.717) is 11.2 Å². The van der Waals surface area contributed by atoms with Crippen LogP contribution in [0.4, 0.5) is 0 Å².